The molecule has 1 aliphatic rings. The highest BCUT2D eigenvalue weighted by Crippen LogP contribution is 2.22. The second kappa shape index (κ2) is 6.43. The fourth-order valence-electron chi connectivity index (χ4n) is 3.11. The highest BCUT2D eigenvalue weighted by atomic mass is 16.5. The van der Waals surface area contributed by atoms with Crippen molar-refractivity contribution in [3.8, 4) is 0 Å². The first-order chi connectivity index (χ1) is 10.2. The molecule has 5 heteroatoms. The van der Waals surface area contributed by atoms with Crippen molar-refractivity contribution in [3.63, 3.8) is 0 Å². The molecule has 0 spiro atoms. The number of aromatic nitrogens is 3. The van der Waals surface area contributed by atoms with E-state index in [4.69, 9.17) is 4.52 Å². The lowest BCUT2D eigenvalue weighted by molar-refractivity contribution is 0.269. The third kappa shape index (κ3) is 3.53. The van der Waals surface area contributed by atoms with Gasteiger partial charge in [0.15, 0.2) is 5.76 Å². The molecule has 0 atom stereocenters. The van der Waals surface area contributed by atoms with E-state index in [-0.39, 0.29) is 0 Å². The lowest BCUT2D eigenvalue weighted by Gasteiger charge is -2.15. The third-order valence-corrected chi connectivity index (χ3v) is 4.20. The van der Waals surface area contributed by atoms with Gasteiger partial charge in [0.2, 0.25) is 0 Å². The number of rotatable bonds is 6. The molecule has 1 aliphatic carbocycles. The second-order valence-electron chi connectivity index (χ2n) is 6.11. The van der Waals surface area contributed by atoms with Gasteiger partial charge in [-0.3, -0.25) is 10.00 Å². The van der Waals surface area contributed by atoms with Crippen molar-refractivity contribution in [1.29, 1.82) is 0 Å². The Morgan fingerprint density at radius 2 is 2.19 bits per heavy atom. The molecule has 2 heterocycles. The number of fused-ring (bicyclic) bond motifs is 1. The number of aryl methyl sites for hydroxylation is 3. The zero-order valence-corrected chi connectivity index (χ0v) is 13.0. The Balaban J connectivity index is 1.46. The summed E-state index contributed by atoms with van der Waals surface area (Å²) in [5.41, 5.74) is 5.10. The highest BCUT2D eigenvalue weighted by molar-refractivity contribution is 5.27. The molecule has 0 aromatic carbocycles. The number of hydrogen-bond donors (Lipinski definition) is 1. The molecule has 0 radical (unpaired) electrons. The third-order valence-electron chi connectivity index (χ3n) is 4.20. The van der Waals surface area contributed by atoms with Gasteiger partial charge < -0.3 is 4.52 Å². The predicted octanol–water partition coefficient (Wildman–Crippen LogP) is 2.65. The molecule has 0 unspecified atom stereocenters. The minimum Gasteiger partial charge on any atom is -0.360 e. The van der Waals surface area contributed by atoms with Gasteiger partial charge in [-0.15, -0.1) is 0 Å². The Kier molecular flexibility index (Phi) is 4.39. The second-order valence-corrected chi connectivity index (χ2v) is 6.11. The SMILES string of the molecule is Cc1cc(CN(C)CCCc2n[nH]c3c2CCCC3)on1. The van der Waals surface area contributed by atoms with Gasteiger partial charge in [-0.2, -0.15) is 5.10 Å². The van der Waals surface area contributed by atoms with E-state index < -0.39 is 0 Å². The van der Waals surface area contributed by atoms with Gasteiger partial charge in [-0.25, -0.2) is 0 Å². The normalized spacial score (nSPS) is 14.6. The molecule has 0 fully saturated rings. The van der Waals surface area contributed by atoms with Crippen molar-refractivity contribution in [2.45, 2.75) is 52.0 Å². The van der Waals surface area contributed by atoms with Gasteiger partial charge in [0, 0.05) is 11.8 Å². The van der Waals surface area contributed by atoms with E-state index in [2.05, 4.69) is 27.3 Å². The minimum atomic E-state index is 0.819. The van der Waals surface area contributed by atoms with Crippen molar-refractivity contribution >= 4 is 0 Å². The Labute approximate surface area is 125 Å². The zero-order valence-electron chi connectivity index (χ0n) is 13.0. The lowest BCUT2D eigenvalue weighted by Crippen LogP contribution is -2.19. The molecule has 5 nitrogen and oxygen atoms in total. The predicted molar refractivity (Wildman–Crippen MR) is 81.1 cm³/mol. The van der Waals surface area contributed by atoms with Crippen LogP contribution in [0.25, 0.3) is 0 Å². The number of hydrogen-bond acceptors (Lipinski definition) is 4. The summed E-state index contributed by atoms with van der Waals surface area (Å²) in [7, 11) is 2.12. The van der Waals surface area contributed by atoms with Gasteiger partial charge >= 0.3 is 0 Å². The fraction of sp³-hybridized carbons (Fsp3) is 0.625. The van der Waals surface area contributed by atoms with E-state index >= 15 is 0 Å². The molecule has 0 aliphatic heterocycles. The van der Waals surface area contributed by atoms with E-state index in [0.717, 1.165) is 37.4 Å². The molecule has 2 aromatic rings. The van der Waals surface area contributed by atoms with Crippen LogP contribution in [0.2, 0.25) is 0 Å². The summed E-state index contributed by atoms with van der Waals surface area (Å²) in [5.74, 6) is 0.937. The average Bonchev–Trinajstić information content (AvgIpc) is 3.06. The summed E-state index contributed by atoms with van der Waals surface area (Å²) in [6.45, 7) is 3.81. The quantitative estimate of drug-likeness (QED) is 0.888. The standard InChI is InChI=1S/C16H24N4O/c1-12-10-13(21-19-12)11-20(2)9-5-8-16-14-6-3-4-7-15(14)17-18-16/h10H,3-9,11H2,1-2H3,(H,17,18). The van der Waals surface area contributed by atoms with Crippen molar-refractivity contribution in [2.75, 3.05) is 13.6 Å². The first-order valence-corrected chi connectivity index (χ1v) is 7.88. The number of H-pyrrole nitrogens is 1. The summed E-state index contributed by atoms with van der Waals surface area (Å²) in [4.78, 5) is 2.28. The molecule has 1 N–H and O–H groups in total. The average molecular weight is 288 g/mol. The molecule has 2 aromatic heterocycles. The summed E-state index contributed by atoms with van der Waals surface area (Å²) in [5, 5.41) is 11.7. The molecule has 114 valence electrons. The van der Waals surface area contributed by atoms with Crippen molar-refractivity contribution in [2.24, 2.45) is 0 Å². The van der Waals surface area contributed by atoms with Crippen LogP contribution in [0.5, 0.6) is 0 Å². The summed E-state index contributed by atoms with van der Waals surface area (Å²) < 4.78 is 5.25. The van der Waals surface area contributed by atoms with E-state index in [1.165, 1.54) is 42.6 Å². The van der Waals surface area contributed by atoms with Gasteiger partial charge in [0.05, 0.1) is 17.9 Å². The molecule has 3 rings (SSSR count). The summed E-state index contributed by atoms with van der Waals surface area (Å²) in [6.07, 6.45) is 7.17. The van der Waals surface area contributed by atoms with E-state index in [0.29, 0.717) is 0 Å². The Morgan fingerprint density at radius 1 is 1.33 bits per heavy atom. The maximum absolute atomic E-state index is 5.25. The molecular weight excluding hydrogens is 264 g/mol. The van der Waals surface area contributed by atoms with E-state index in [1.54, 1.807) is 0 Å². The molecule has 0 saturated heterocycles. The molecule has 21 heavy (non-hydrogen) atoms. The monoisotopic (exact) mass is 288 g/mol. The number of nitrogens with zero attached hydrogens (tertiary/aromatic N) is 3. The van der Waals surface area contributed by atoms with Gasteiger partial charge in [0.25, 0.3) is 0 Å². The van der Waals surface area contributed by atoms with Crippen LogP contribution in [0.15, 0.2) is 10.6 Å². The highest BCUT2D eigenvalue weighted by Gasteiger charge is 2.16. The van der Waals surface area contributed by atoms with Crippen LogP contribution in [0, 0.1) is 6.92 Å². The maximum Gasteiger partial charge on any atom is 0.150 e. The number of aromatic amines is 1. The van der Waals surface area contributed by atoms with Crippen molar-refractivity contribution in [3.05, 3.63) is 34.5 Å². The van der Waals surface area contributed by atoms with E-state index in [9.17, 15) is 0 Å². The van der Waals surface area contributed by atoms with Crippen LogP contribution >= 0.6 is 0 Å². The van der Waals surface area contributed by atoms with Crippen LogP contribution in [0.3, 0.4) is 0 Å². The first kappa shape index (κ1) is 14.3. The largest absolute Gasteiger partial charge is 0.360 e. The Morgan fingerprint density at radius 3 is 3.00 bits per heavy atom. The lowest BCUT2D eigenvalue weighted by atomic mass is 9.95. The summed E-state index contributed by atoms with van der Waals surface area (Å²) >= 11 is 0. The van der Waals surface area contributed by atoms with Crippen LogP contribution in [-0.2, 0) is 25.8 Å². The molecule has 0 saturated carbocycles. The van der Waals surface area contributed by atoms with Crippen molar-refractivity contribution in [1.82, 2.24) is 20.3 Å². The summed E-state index contributed by atoms with van der Waals surface area (Å²) in [6, 6.07) is 2.00. The smallest absolute Gasteiger partial charge is 0.150 e. The van der Waals surface area contributed by atoms with Crippen LogP contribution in [-0.4, -0.2) is 33.8 Å². The molecule has 0 amide bonds. The molecule has 0 bridgehead atoms. The Hall–Kier alpha value is -1.62. The Bertz CT molecular complexity index is 587. The minimum absolute atomic E-state index is 0.819. The van der Waals surface area contributed by atoms with Crippen LogP contribution in [0.1, 0.15) is 47.7 Å². The van der Waals surface area contributed by atoms with Crippen molar-refractivity contribution < 1.29 is 4.52 Å². The van der Waals surface area contributed by atoms with E-state index in [1.807, 2.05) is 13.0 Å². The number of nitrogens with one attached hydrogen (secondary N) is 1. The topological polar surface area (TPSA) is 58.0 Å². The zero-order chi connectivity index (χ0) is 14.7. The molecular formula is C16H24N4O. The first-order valence-electron chi connectivity index (χ1n) is 7.88. The fourth-order valence-corrected chi connectivity index (χ4v) is 3.11. The van der Waals surface area contributed by atoms with Gasteiger partial charge in [-0.05, 0) is 64.6 Å². The van der Waals surface area contributed by atoms with Gasteiger partial charge in [0.1, 0.15) is 0 Å². The van der Waals surface area contributed by atoms with Crippen LogP contribution in [0.4, 0.5) is 0 Å². The maximum atomic E-state index is 5.25. The van der Waals surface area contributed by atoms with Crippen LogP contribution < -0.4 is 0 Å². The van der Waals surface area contributed by atoms with Gasteiger partial charge in [-0.1, -0.05) is 5.16 Å².